The van der Waals surface area contributed by atoms with E-state index in [1.165, 1.54) is 28.1 Å². The molecule has 9 nitrogen and oxygen atoms in total. The molecule has 0 atom stereocenters. The van der Waals surface area contributed by atoms with Gasteiger partial charge in [-0.15, -0.1) is 0 Å². The summed E-state index contributed by atoms with van der Waals surface area (Å²) in [4.78, 5) is 39.1. The van der Waals surface area contributed by atoms with Crippen LogP contribution in [0, 0.1) is 0 Å². The zero-order valence-electron chi connectivity index (χ0n) is 18.3. The predicted octanol–water partition coefficient (Wildman–Crippen LogP) is 2.54. The summed E-state index contributed by atoms with van der Waals surface area (Å²) in [6.45, 7) is 0.0384. The van der Waals surface area contributed by atoms with Crippen LogP contribution in [0.5, 0.6) is 0 Å². The van der Waals surface area contributed by atoms with Crippen LogP contribution >= 0.6 is 0 Å². The van der Waals surface area contributed by atoms with Crippen LogP contribution in [0.2, 0.25) is 0 Å². The number of anilines is 2. The van der Waals surface area contributed by atoms with E-state index in [-0.39, 0.29) is 17.9 Å². The van der Waals surface area contributed by atoms with Gasteiger partial charge < -0.3 is 5.32 Å². The summed E-state index contributed by atoms with van der Waals surface area (Å²) in [6, 6.07) is 21.3. The van der Waals surface area contributed by atoms with Crippen molar-refractivity contribution in [2.75, 3.05) is 16.7 Å². The van der Waals surface area contributed by atoms with Gasteiger partial charge >= 0.3 is 5.69 Å². The molecule has 0 aliphatic heterocycles. The third-order valence-corrected chi connectivity index (χ3v) is 7.15. The van der Waals surface area contributed by atoms with E-state index >= 15 is 0 Å². The highest BCUT2D eigenvalue weighted by Crippen LogP contribution is 2.23. The maximum atomic E-state index is 13.0. The number of carbonyl (C=O) groups excluding carboxylic acids is 1. The summed E-state index contributed by atoms with van der Waals surface area (Å²) in [5, 5.41) is 3.02. The molecule has 0 aliphatic carbocycles. The molecule has 0 aliphatic rings. The van der Waals surface area contributed by atoms with Crippen LogP contribution in [-0.4, -0.2) is 30.9 Å². The average molecular weight is 479 g/mol. The van der Waals surface area contributed by atoms with Crippen molar-refractivity contribution in [3.63, 3.8) is 0 Å². The molecule has 10 heteroatoms. The van der Waals surface area contributed by atoms with Crippen LogP contribution < -0.4 is 20.9 Å². The number of aryl methyl sites for hydroxylation is 1. The second-order valence-corrected chi connectivity index (χ2v) is 9.53. The molecule has 174 valence electrons. The predicted molar refractivity (Wildman–Crippen MR) is 131 cm³/mol. The fraction of sp³-hybridized carbons (Fsp3) is 0.125. The van der Waals surface area contributed by atoms with Crippen molar-refractivity contribution in [1.82, 2.24) is 9.55 Å². The van der Waals surface area contributed by atoms with Gasteiger partial charge in [0.25, 0.3) is 15.6 Å². The van der Waals surface area contributed by atoms with Crippen LogP contribution in [0.1, 0.15) is 6.42 Å². The third kappa shape index (κ3) is 4.62. The third-order valence-electron chi connectivity index (χ3n) is 5.36. The van der Waals surface area contributed by atoms with E-state index in [1.54, 1.807) is 66.7 Å². The van der Waals surface area contributed by atoms with Crippen LogP contribution in [-0.2, 0) is 21.4 Å². The van der Waals surface area contributed by atoms with Gasteiger partial charge in [0.05, 0.1) is 21.5 Å². The number of hydrogen-bond donors (Lipinski definition) is 2. The van der Waals surface area contributed by atoms with Crippen LogP contribution in [0.25, 0.3) is 10.9 Å². The van der Waals surface area contributed by atoms with Crippen molar-refractivity contribution < 1.29 is 13.2 Å². The van der Waals surface area contributed by atoms with Gasteiger partial charge in [-0.25, -0.2) is 13.2 Å². The second-order valence-electron chi connectivity index (χ2n) is 7.56. The lowest BCUT2D eigenvalue weighted by molar-refractivity contribution is -0.116. The lowest BCUT2D eigenvalue weighted by Crippen LogP contribution is -2.31. The Kier molecular flexibility index (Phi) is 6.33. The van der Waals surface area contributed by atoms with Crippen molar-refractivity contribution in [3.05, 3.63) is 99.7 Å². The SMILES string of the molecule is CN(c1ccccc1)S(=O)(=O)c1cccc(NC(=O)CCn2c(=O)[nH]c(=O)c3ccccc32)c1. The van der Waals surface area contributed by atoms with Gasteiger partial charge in [0.1, 0.15) is 0 Å². The number of fused-ring (bicyclic) bond motifs is 1. The Hall–Kier alpha value is -4.18. The number of nitrogens with zero attached hydrogens (tertiary/aromatic N) is 2. The zero-order chi connectivity index (χ0) is 24.3. The molecule has 0 radical (unpaired) electrons. The minimum absolute atomic E-state index is 0.0273. The van der Waals surface area contributed by atoms with Gasteiger partial charge in [0, 0.05) is 25.7 Å². The highest BCUT2D eigenvalue weighted by molar-refractivity contribution is 7.92. The minimum Gasteiger partial charge on any atom is -0.326 e. The molecule has 0 fully saturated rings. The van der Waals surface area contributed by atoms with Crippen molar-refractivity contribution in [1.29, 1.82) is 0 Å². The number of H-pyrrole nitrogens is 1. The minimum atomic E-state index is -3.84. The van der Waals surface area contributed by atoms with Gasteiger partial charge in [-0.3, -0.25) is 23.4 Å². The highest BCUT2D eigenvalue weighted by Gasteiger charge is 2.21. The number of carbonyl (C=O) groups is 1. The van der Waals surface area contributed by atoms with Crippen LogP contribution in [0.15, 0.2) is 93.3 Å². The molecular formula is C24H22N4O5S. The van der Waals surface area contributed by atoms with E-state index in [1.807, 2.05) is 0 Å². The highest BCUT2D eigenvalue weighted by atomic mass is 32.2. The first-order valence-electron chi connectivity index (χ1n) is 10.4. The smallest absolute Gasteiger partial charge is 0.326 e. The summed E-state index contributed by atoms with van der Waals surface area (Å²) in [5.74, 6) is -0.409. The van der Waals surface area contributed by atoms with Crippen molar-refractivity contribution in [2.24, 2.45) is 0 Å². The Morgan fingerprint density at radius 3 is 2.44 bits per heavy atom. The maximum Gasteiger partial charge on any atom is 0.328 e. The summed E-state index contributed by atoms with van der Waals surface area (Å²) in [5.41, 5.74) is 0.163. The standard InChI is InChI=1S/C24H22N4O5S/c1-27(18-9-3-2-4-10-18)34(32,33)19-11-7-8-17(16-19)25-22(29)14-15-28-21-13-6-5-12-20(21)23(30)26-24(28)31/h2-13,16H,14-15H2,1H3,(H,25,29)(H,26,30,31). The number of sulfonamides is 1. The maximum absolute atomic E-state index is 13.0. The second kappa shape index (κ2) is 9.36. The molecule has 4 aromatic rings. The molecule has 0 saturated carbocycles. The van der Waals surface area contributed by atoms with E-state index in [0.29, 0.717) is 22.3 Å². The molecule has 0 bridgehead atoms. The van der Waals surface area contributed by atoms with Crippen LogP contribution in [0.4, 0.5) is 11.4 Å². The molecule has 0 spiro atoms. The Balaban J connectivity index is 1.50. The molecule has 0 saturated heterocycles. The van der Waals surface area contributed by atoms with Crippen molar-refractivity contribution >= 4 is 38.2 Å². The molecule has 1 amide bonds. The molecular weight excluding hydrogens is 456 g/mol. The van der Waals surface area contributed by atoms with E-state index in [9.17, 15) is 22.8 Å². The van der Waals surface area contributed by atoms with E-state index in [2.05, 4.69) is 10.3 Å². The van der Waals surface area contributed by atoms with Gasteiger partial charge in [0.15, 0.2) is 0 Å². The fourth-order valence-corrected chi connectivity index (χ4v) is 4.81. The fourth-order valence-electron chi connectivity index (χ4n) is 3.57. The normalized spacial score (nSPS) is 11.3. The van der Waals surface area contributed by atoms with E-state index in [0.717, 1.165) is 0 Å². The lowest BCUT2D eigenvalue weighted by Gasteiger charge is -2.20. The van der Waals surface area contributed by atoms with Gasteiger partial charge in [0.2, 0.25) is 5.91 Å². The number of para-hydroxylation sites is 2. The number of nitrogens with one attached hydrogen (secondary N) is 2. The van der Waals surface area contributed by atoms with Gasteiger partial charge in [-0.1, -0.05) is 36.4 Å². The summed E-state index contributed by atoms with van der Waals surface area (Å²) in [6.07, 6.45) is -0.0587. The van der Waals surface area contributed by atoms with Gasteiger partial charge in [-0.05, 0) is 42.5 Å². The summed E-state index contributed by atoms with van der Waals surface area (Å²) >= 11 is 0. The topological polar surface area (TPSA) is 121 Å². The largest absolute Gasteiger partial charge is 0.328 e. The zero-order valence-corrected chi connectivity index (χ0v) is 19.1. The number of rotatable bonds is 7. The number of aromatic nitrogens is 2. The monoisotopic (exact) mass is 478 g/mol. The number of benzene rings is 3. The molecule has 2 N–H and O–H groups in total. The van der Waals surface area contributed by atoms with Crippen molar-refractivity contribution in [3.8, 4) is 0 Å². The summed E-state index contributed by atoms with van der Waals surface area (Å²) in [7, 11) is -2.38. The Morgan fingerprint density at radius 1 is 0.971 bits per heavy atom. The number of hydrogen-bond acceptors (Lipinski definition) is 5. The summed E-state index contributed by atoms with van der Waals surface area (Å²) < 4.78 is 28.5. The number of aromatic amines is 1. The van der Waals surface area contributed by atoms with E-state index < -0.39 is 27.2 Å². The van der Waals surface area contributed by atoms with Crippen molar-refractivity contribution in [2.45, 2.75) is 17.9 Å². The Morgan fingerprint density at radius 2 is 1.68 bits per heavy atom. The Labute approximate surface area is 195 Å². The van der Waals surface area contributed by atoms with Crippen LogP contribution in [0.3, 0.4) is 0 Å². The molecule has 1 heterocycles. The lowest BCUT2D eigenvalue weighted by atomic mass is 10.2. The number of amides is 1. The molecule has 34 heavy (non-hydrogen) atoms. The molecule has 3 aromatic carbocycles. The molecule has 0 unspecified atom stereocenters. The quantitative estimate of drug-likeness (QED) is 0.423. The van der Waals surface area contributed by atoms with Gasteiger partial charge in [-0.2, -0.15) is 0 Å². The molecule has 4 rings (SSSR count). The van der Waals surface area contributed by atoms with E-state index in [4.69, 9.17) is 0 Å². The average Bonchev–Trinajstić information content (AvgIpc) is 2.84. The molecule has 1 aromatic heterocycles. The first kappa shape index (κ1) is 23.0. The first-order chi connectivity index (χ1) is 16.3. The first-order valence-corrected chi connectivity index (χ1v) is 11.9. The Bertz CT molecular complexity index is 1580.